The van der Waals surface area contributed by atoms with Crippen LogP contribution in [0.15, 0.2) is 91.1 Å². The van der Waals surface area contributed by atoms with Gasteiger partial charge in [-0.1, -0.05) is 78.4 Å². The molecule has 0 bridgehead atoms. The molecule has 0 aliphatic carbocycles. The van der Waals surface area contributed by atoms with Gasteiger partial charge in [-0.25, -0.2) is 4.98 Å². The second-order valence-electron chi connectivity index (χ2n) is 6.79. The Morgan fingerprint density at radius 2 is 1.50 bits per heavy atom. The highest BCUT2D eigenvalue weighted by Gasteiger charge is 2.23. The van der Waals surface area contributed by atoms with Crippen LogP contribution in [0, 0.1) is 6.92 Å². The first-order chi connectivity index (χ1) is 13.8. The fourth-order valence-corrected chi connectivity index (χ4v) is 3.45. The number of para-hydroxylation sites is 1. The Morgan fingerprint density at radius 3 is 2.14 bits per heavy atom. The lowest BCUT2D eigenvalue weighted by Crippen LogP contribution is -2.12. The molecule has 0 radical (unpaired) electrons. The van der Waals surface area contributed by atoms with Crippen LogP contribution in [0.2, 0.25) is 0 Å². The molecular formula is C25H24N2O. The molecule has 3 nitrogen and oxygen atoms in total. The summed E-state index contributed by atoms with van der Waals surface area (Å²) in [5, 5.41) is 0. The normalized spacial score (nSPS) is 12.1. The molecule has 0 amide bonds. The zero-order chi connectivity index (χ0) is 19.3. The molecule has 28 heavy (non-hydrogen) atoms. The lowest BCUT2D eigenvalue weighted by atomic mass is 10.1. The molecule has 1 atom stereocenters. The predicted molar refractivity (Wildman–Crippen MR) is 114 cm³/mol. The smallest absolute Gasteiger partial charge is 0.144 e. The highest BCUT2D eigenvalue weighted by molar-refractivity contribution is 5.60. The molecule has 3 heteroatoms. The van der Waals surface area contributed by atoms with Gasteiger partial charge in [-0.3, -0.25) is 4.57 Å². The number of rotatable bonds is 6. The third-order valence-electron chi connectivity index (χ3n) is 4.82. The van der Waals surface area contributed by atoms with Gasteiger partial charge in [0.1, 0.15) is 11.9 Å². The quantitative estimate of drug-likeness (QED) is 0.419. The standard InChI is InChI=1S/C25H24N2O/c1-3-28-24(20-10-6-4-7-11-20)23-18-26-25(21-16-14-19(2)15-17-21)27(23)22-12-8-5-9-13-22/h4-18,24H,3H2,1-2H3. The van der Waals surface area contributed by atoms with Crippen molar-refractivity contribution in [2.75, 3.05) is 6.61 Å². The Bertz CT molecular complexity index is 1020. The number of hydrogen-bond acceptors (Lipinski definition) is 2. The first-order valence-electron chi connectivity index (χ1n) is 9.64. The van der Waals surface area contributed by atoms with E-state index >= 15 is 0 Å². The summed E-state index contributed by atoms with van der Waals surface area (Å²) in [7, 11) is 0. The first kappa shape index (κ1) is 18.2. The van der Waals surface area contributed by atoms with E-state index in [0.29, 0.717) is 6.61 Å². The SMILES string of the molecule is CCOC(c1ccccc1)c1cnc(-c2ccc(C)cc2)n1-c1ccccc1. The molecule has 0 aliphatic rings. The van der Waals surface area contributed by atoms with E-state index in [4.69, 9.17) is 9.72 Å². The minimum atomic E-state index is -0.182. The van der Waals surface area contributed by atoms with Crippen LogP contribution in [0.4, 0.5) is 0 Å². The molecule has 4 rings (SSSR count). The monoisotopic (exact) mass is 368 g/mol. The van der Waals surface area contributed by atoms with Crippen LogP contribution in [0.1, 0.15) is 29.8 Å². The van der Waals surface area contributed by atoms with Gasteiger partial charge < -0.3 is 4.74 Å². The van der Waals surface area contributed by atoms with Crippen molar-refractivity contribution in [1.29, 1.82) is 0 Å². The Hall–Kier alpha value is -3.17. The highest BCUT2D eigenvalue weighted by atomic mass is 16.5. The van der Waals surface area contributed by atoms with Crippen LogP contribution in [0.3, 0.4) is 0 Å². The largest absolute Gasteiger partial charge is 0.367 e. The van der Waals surface area contributed by atoms with Crippen LogP contribution in [0.5, 0.6) is 0 Å². The summed E-state index contributed by atoms with van der Waals surface area (Å²) in [6.07, 6.45) is 1.76. The molecular weight excluding hydrogens is 344 g/mol. The van der Waals surface area contributed by atoms with Crippen LogP contribution in [-0.4, -0.2) is 16.2 Å². The zero-order valence-electron chi connectivity index (χ0n) is 16.2. The van der Waals surface area contributed by atoms with E-state index in [1.165, 1.54) is 5.56 Å². The number of aryl methyl sites for hydroxylation is 1. The fraction of sp³-hybridized carbons (Fsp3) is 0.160. The molecule has 0 spiro atoms. The average molecular weight is 368 g/mol. The molecule has 0 N–H and O–H groups in total. The van der Waals surface area contributed by atoms with Crippen molar-refractivity contribution in [2.24, 2.45) is 0 Å². The third-order valence-corrected chi connectivity index (χ3v) is 4.82. The summed E-state index contributed by atoms with van der Waals surface area (Å²) in [6.45, 7) is 4.75. The lowest BCUT2D eigenvalue weighted by Gasteiger charge is -2.21. The van der Waals surface area contributed by atoms with Crippen LogP contribution < -0.4 is 0 Å². The van der Waals surface area contributed by atoms with Gasteiger partial charge in [-0.15, -0.1) is 0 Å². The molecule has 140 valence electrons. The van der Waals surface area contributed by atoms with Crippen molar-refractivity contribution in [3.63, 3.8) is 0 Å². The molecule has 1 aromatic heterocycles. The van der Waals surface area contributed by atoms with E-state index in [9.17, 15) is 0 Å². The summed E-state index contributed by atoms with van der Waals surface area (Å²) < 4.78 is 8.39. The van der Waals surface area contributed by atoms with Gasteiger partial charge in [0.2, 0.25) is 0 Å². The summed E-state index contributed by atoms with van der Waals surface area (Å²) in [6, 6.07) is 29.2. The van der Waals surface area contributed by atoms with Gasteiger partial charge in [0.15, 0.2) is 0 Å². The Kier molecular flexibility index (Phi) is 5.36. The van der Waals surface area contributed by atoms with E-state index in [0.717, 1.165) is 28.3 Å². The van der Waals surface area contributed by atoms with E-state index in [-0.39, 0.29) is 6.10 Å². The second kappa shape index (κ2) is 8.24. The summed E-state index contributed by atoms with van der Waals surface area (Å²) in [4.78, 5) is 4.80. The first-order valence-corrected chi connectivity index (χ1v) is 9.64. The lowest BCUT2D eigenvalue weighted by molar-refractivity contribution is 0.0873. The predicted octanol–water partition coefficient (Wildman–Crippen LogP) is 5.97. The minimum Gasteiger partial charge on any atom is -0.367 e. The van der Waals surface area contributed by atoms with Crippen LogP contribution in [-0.2, 0) is 4.74 Å². The number of benzene rings is 3. The van der Waals surface area contributed by atoms with Gasteiger partial charge in [0.25, 0.3) is 0 Å². The summed E-state index contributed by atoms with van der Waals surface area (Å²) in [5.41, 5.74) is 5.54. The maximum atomic E-state index is 6.18. The van der Waals surface area contributed by atoms with E-state index in [1.807, 2.05) is 37.4 Å². The van der Waals surface area contributed by atoms with Gasteiger partial charge >= 0.3 is 0 Å². The molecule has 1 heterocycles. The van der Waals surface area contributed by atoms with Crippen molar-refractivity contribution in [3.05, 3.63) is 108 Å². The van der Waals surface area contributed by atoms with Crippen molar-refractivity contribution in [1.82, 2.24) is 9.55 Å². The van der Waals surface area contributed by atoms with Crippen molar-refractivity contribution < 1.29 is 4.74 Å². The average Bonchev–Trinajstić information content (AvgIpc) is 3.18. The third kappa shape index (κ3) is 3.62. The summed E-state index contributed by atoms with van der Waals surface area (Å²) >= 11 is 0. The van der Waals surface area contributed by atoms with Crippen LogP contribution in [0.25, 0.3) is 17.1 Å². The molecule has 0 fully saturated rings. The van der Waals surface area contributed by atoms with Gasteiger partial charge in [0.05, 0.1) is 11.9 Å². The van der Waals surface area contributed by atoms with E-state index < -0.39 is 0 Å². The fourth-order valence-electron chi connectivity index (χ4n) is 3.45. The summed E-state index contributed by atoms with van der Waals surface area (Å²) in [5.74, 6) is 0.918. The van der Waals surface area contributed by atoms with Crippen molar-refractivity contribution in [2.45, 2.75) is 20.0 Å². The zero-order valence-corrected chi connectivity index (χ0v) is 16.2. The molecule has 3 aromatic carbocycles. The molecule has 0 saturated heterocycles. The number of ether oxygens (including phenoxy) is 1. The molecule has 1 unspecified atom stereocenters. The molecule has 0 saturated carbocycles. The van der Waals surface area contributed by atoms with Crippen LogP contribution >= 0.6 is 0 Å². The maximum absolute atomic E-state index is 6.18. The van der Waals surface area contributed by atoms with Crippen molar-refractivity contribution in [3.8, 4) is 17.1 Å². The van der Waals surface area contributed by atoms with Crippen molar-refractivity contribution >= 4 is 0 Å². The maximum Gasteiger partial charge on any atom is 0.144 e. The molecule has 0 aliphatic heterocycles. The Labute approximate surface area is 166 Å². The Morgan fingerprint density at radius 1 is 0.857 bits per heavy atom. The minimum absolute atomic E-state index is 0.182. The number of nitrogens with zero attached hydrogens (tertiary/aromatic N) is 2. The second-order valence-corrected chi connectivity index (χ2v) is 6.79. The number of aromatic nitrogens is 2. The van der Waals surface area contributed by atoms with Gasteiger partial charge in [-0.05, 0) is 31.5 Å². The Balaban J connectivity index is 1.91. The molecule has 4 aromatic rings. The van der Waals surface area contributed by atoms with Gasteiger partial charge in [0, 0.05) is 17.9 Å². The topological polar surface area (TPSA) is 27.1 Å². The number of hydrogen-bond donors (Lipinski definition) is 0. The van der Waals surface area contributed by atoms with E-state index in [2.05, 4.69) is 72.2 Å². The highest BCUT2D eigenvalue weighted by Crippen LogP contribution is 2.32. The number of imidazole rings is 1. The van der Waals surface area contributed by atoms with Gasteiger partial charge in [-0.2, -0.15) is 0 Å². The van der Waals surface area contributed by atoms with E-state index in [1.54, 1.807) is 0 Å².